The molecule has 0 aliphatic carbocycles. The van der Waals surface area contributed by atoms with Gasteiger partial charge in [0.1, 0.15) is 11.6 Å². The van der Waals surface area contributed by atoms with Crippen LogP contribution in [0.25, 0.3) is 21.9 Å². The first-order valence-electron chi connectivity index (χ1n) is 10.8. The lowest BCUT2D eigenvalue weighted by Crippen LogP contribution is -2.29. The van der Waals surface area contributed by atoms with Gasteiger partial charge in [-0.15, -0.1) is 0 Å². The van der Waals surface area contributed by atoms with Gasteiger partial charge in [0.05, 0.1) is 17.2 Å². The van der Waals surface area contributed by atoms with Crippen LogP contribution in [0.3, 0.4) is 0 Å². The van der Waals surface area contributed by atoms with Gasteiger partial charge in [-0.05, 0) is 37.1 Å². The van der Waals surface area contributed by atoms with Gasteiger partial charge in [-0.25, -0.2) is 19.7 Å². The van der Waals surface area contributed by atoms with E-state index in [4.69, 9.17) is 14.5 Å². The molecule has 33 heavy (non-hydrogen) atoms. The minimum atomic E-state index is -0.529. The normalized spacial score (nSPS) is 14.1. The summed E-state index contributed by atoms with van der Waals surface area (Å²) in [6.45, 7) is 7.40. The van der Waals surface area contributed by atoms with E-state index in [1.807, 2.05) is 39.0 Å². The van der Waals surface area contributed by atoms with E-state index in [1.54, 1.807) is 23.2 Å². The minimum absolute atomic E-state index is 0.109. The Kier molecular flexibility index (Phi) is 5.20. The molecule has 1 N–H and O–H groups in total. The van der Waals surface area contributed by atoms with E-state index in [-0.39, 0.29) is 17.2 Å². The Morgan fingerprint density at radius 1 is 1.06 bits per heavy atom. The maximum atomic E-state index is 12.1. The van der Waals surface area contributed by atoms with Crippen molar-refractivity contribution in [2.45, 2.75) is 39.0 Å². The summed E-state index contributed by atoms with van der Waals surface area (Å²) in [5.74, 6) is 1.59. The zero-order valence-electron chi connectivity index (χ0n) is 18.7. The molecule has 0 saturated carbocycles. The molecule has 0 radical (unpaired) electrons. The van der Waals surface area contributed by atoms with Crippen LogP contribution < -0.4 is 9.62 Å². The van der Waals surface area contributed by atoms with Crippen molar-refractivity contribution in [3.63, 3.8) is 0 Å². The van der Waals surface area contributed by atoms with E-state index >= 15 is 0 Å². The van der Waals surface area contributed by atoms with Crippen LogP contribution in [-0.2, 0) is 10.3 Å². The third-order valence-corrected chi connectivity index (χ3v) is 5.34. The molecular weight excluding hydrogens is 424 g/mol. The molecule has 10 nitrogen and oxygen atoms in total. The second-order valence-electron chi connectivity index (χ2n) is 8.97. The Balaban J connectivity index is 1.48. The number of hydrogen-bond acceptors (Lipinski definition) is 8. The summed E-state index contributed by atoms with van der Waals surface area (Å²) in [5.41, 5.74) is 1.58. The average Bonchev–Trinajstić information content (AvgIpc) is 3.48. The molecule has 0 atom stereocenters. The smallest absolute Gasteiger partial charge is 0.437 e. The first kappa shape index (κ1) is 20.9. The van der Waals surface area contributed by atoms with Crippen LogP contribution in [0.5, 0.6) is 17.5 Å². The molecule has 3 aromatic heterocycles. The van der Waals surface area contributed by atoms with E-state index in [0.717, 1.165) is 23.7 Å². The van der Waals surface area contributed by atoms with Gasteiger partial charge in [0.25, 0.3) is 5.88 Å². The maximum absolute atomic E-state index is 12.1. The van der Waals surface area contributed by atoms with E-state index in [9.17, 15) is 4.79 Å². The van der Waals surface area contributed by atoms with Gasteiger partial charge in [-0.2, -0.15) is 10.1 Å². The number of carbonyl (C=O) groups is 1. The molecular formula is C23H24N6O4. The molecule has 1 aliphatic heterocycles. The zero-order valence-corrected chi connectivity index (χ0v) is 18.7. The Labute approximate surface area is 189 Å². The van der Waals surface area contributed by atoms with Crippen molar-refractivity contribution in [3.05, 3.63) is 42.4 Å². The van der Waals surface area contributed by atoms with Gasteiger partial charge >= 0.3 is 6.09 Å². The lowest BCUT2D eigenvalue weighted by Gasteiger charge is -2.18. The number of nitrogens with one attached hydrogen (secondary N) is 1. The summed E-state index contributed by atoms with van der Waals surface area (Å²) in [5, 5.41) is 7.87. The standard InChI is InChI=1S/C23H24N6O4/c1-23(2,3)21-25-17-8-9-18(32-33-22(30)29-10-4-5-11-29)26-19(17)20(27-21)31-15-6-7-16-14(12-15)13-24-28-16/h6-9,12-13H,4-5,10-11H2,1-3H3,(H,24,28). The molecule has 10 heteroatoms. The van der Waals surface area contributed by atoms with Crippen molar-refractivity contribution in [2.24, 2.45) is 0 Å². The van der Waals surface area contributed by atoms with Crippen molar-refractivity contribution in [2.75, 3.05) is 13.1 Å². The Bertz CT molecular complexity index is 1320. The molecule has 0 spiro atoms. The van der Waals surface area contributed by atoms with E-state index in [1.165, 1.54) is 0 Å². The van der Waals surface area contributed by atoms with Crippen LogP contribution in [0.4, 0.5) is 4.79 Å². The highest BCUT2D eigenvalue weighted by Crippen LogP contribution is 2.32. The van der Waals surface area contributed by atoms with Crippen molar-refractivity contribution in [1.29, 1.82) is 0 Å². The van der Waals surface area contributed by atoms with Crippen LogP contribution in [0.2, 0.25) is 0 Å². The highest BCUT2D eigenvalue weighted by atomic mass is 17.2. The summed E-state index contributed by atoms with van der Waals surface area (Å²) in [4.78, 5) is 37.7. The number of nitrogens with zero attached hydrogens (tertiary/aromatic N) is 5. The van der Waals surface area contributed by atoms with Gasteiger partial charge in [0, 0.05) is 30.0 Å². The molecule has 4 heterocycles. The van der Waals surface area contributed by atoms with E-state index < -0.39 is 6.09 Å². The summed E-state index contributed by atoms with van der Waals surface area (Å²) in [7, 11) is 0. The van der Waals surface area contributed by atoms with Crippen LogP contribution in [0.1, 0.15) is 39.4 Å². The number of ether oxygens (including phenoxy) is 1. The fourth-order valence-electron chi connectivity index (χ4n) is 3.55. The molecule has 1 aromatic carbocycles. The second kappa shape index (κ2) is 8.19. The van der Waals surface area contributed by atoms with Gasteiger partial charge in [0.15, 0.2) is 5.52 Å². The zero-order chi connectivity index (χ0) is 23.0. The predicted octanol–water partition coefficient (Wildman–Crippen LogP) is 4.52. The highest BCUT2D eigenvalue weighted by molar-refractivity contribution is 5.82. The summed E-state index contributed by atoms with van der Waals surface area (Å²) in [6.07, 6.45) is 3.11. The third-order valence-electron chi connectivity index (χ3n) is 5.34. The fourth-order valence-corrected chi connectivity index (χ4v) is 3.55. The Hall–Kier alpha value is -3.95. The largest absolute Gasteiger partial charge is 0.452 e. The lowest BCUT2D eigenvalue weighted by molar-refractivity contribution is -0.155. The number of likely N-dealkylation sites (tertiary alicyclic amines) is 1. The number of carbonyl (C=O) groups excluding carboxylic acids is 1. The van der Waals surface area contributed by atoms with E-state index in [2.05, 4.69) is 25.1 Å². The number of rotatable bonds is 4. The second-order valence-corrected chi connectivity index (χ2v) is 8.97. The van der Waals surface area contributed by atoms with Crippen LogP contribution in [0.15, 0.2) is 36.5 Å². The number of aromatic nitrogens is 5. The monoisotopic (exact) mass is 448 g/mol. The number of pyridine rings is 1. The molecule has 0 bridgehead atoms. The molecule has 170 valence electrons. The summed E-state index contributed by atoms with van der Waals surface area (Å²) >= 11 is 0. The quantitative estimate of drug-likeness (QED) is 0.358. The van der Waals surface area contributed by atoms with Gasteiger partial charge in [0.2, 0.25) is 5.88 Å². The van der Waals surface area contributed by atoms with Crippen molar-refractivity contribution in [3.8, 4) is 17.5 Å². The maximum Gasteiger partial charge on any atom is 0.452 e. The number of hydrogen-bond donors (Lipinski definition) is 1. The molecule has 4 aromatic rings. The predicted molar refractivity (Wildman–Crippen MR) is 120 cm³/mol. The summed E-state index contributed by atoms with van der Waals surface area (Å²) in [6, 6.07) is 8.90. The van der Waals surface area contributed by atoms with Crippen molar-refractivity contribution in [1.82, 2.24) is 30.0 Å². The molecule has 1 amide bonds. The Morgan fingerprint density at radius 2 is 1.88 bits per heavy atom. The molecule has 5 rings (SSSR count). The Morgan fingerprint density at radius 3 is 2.67 bits per heavy atom. The molecule has 1 aliphatic rings. The number of H-pyrrole nitrogens is 1. The average molecular weight is 448 g/mol. The molecule has 1 fully saturated rings. The van der Waals surface area contributed by atoms with Gasteiger partial charge in [-0.3, -0.25) is 9.99 Å². The molecule has 0 unspecified atom stereocenters. The number of amides is 1. The van der Waals surface area contributed by atoms with Crippen molar-refractivity contribution >= 4 is 28.0 Å². The number of fused-ring (bicyclic) bond motifs is 2. The van der Waals surface area contributed by atoms with Gasteiger partial charge in [-0.1, -0.05) is 20.8 Å². The molecule has 1 saturated heterocycles. The van der Waals surface area contributed by atoms with Crippen LogP contribution in [0, 0.1) is 0 Å². The topological polar surface area (TPSA) is 115 Å². The lowest BCUT2D eigenvalue weighted by atomic mass is 9.95. The van der Waals surface area contributed by atoms with Crippen molar-refractivity contribution < 1.29 is 19.3 Å². The SMILES string of the molecule is CC(C)(C)c1nc(Oc2ccc3[nH]ncc3c2)c2nc(OOC(=O)N3CCCC3)ccc2n1. The first-order valence-corrected chi connectivity index (χ1v) is 10.8. The van der Waals surface area contributed by atoms with E-state index in [0.29, 0.717) is 35.7 Å². The van der Waals surface area contributed by atoms with Crippen LogP contribution >= 0.6 is 0 Å². The highest BCUT2D eigenvalue weighted by Gasteiger charge is 2.23. The first-order chi connectivity index (χ1) is 15.9. The fraction of sp³-hybridized carbons (Fsp3) is 0.348. The van der Waals surface area contributed by atoms with Gasteiger partial charge < -0.3 is 9.64 Å². The minimum Gasteiger partial charge on any atom is -0.437 e. The number of aromatic amines is 1. The van der Waals surface area contributed by atoms with Crippen LogP contribution in [-0.4, -0.2) is 49.2 Å². The third kappa shape index (κ3) is 4.36. The summed E-state index contributed by atoms with van der Waals surface area (Å²) < 4.78 is 6.14. The number of benzene rings is 1.